The van der Waals surface area contributed by atoms with E-state index in [0.717, 1.165) is 19.3 Å². The fourth-order valence-corrected chi connectivity index (χ4v) is 3.37. The van der Waals surface area contributed by atoms with Crippen molar-refractivity contribution in [3.63, 3.8) is 0 Å². The molecule has 0 spiro atoms. The minimum absolute atomic E-state index is 0.0649. The summed E-state index contributed by atoms with van der Waals surface area (Å²) in [5, 5.41) is 14.8. The zero-order valence-corrected chi connectivity index (χ0v) is 12.0. The Hall–Kier alpha value is -1.95. The maximum atomic E-state index is 12.7. The highest BCUT2D eigenvalue weighted by molar-refractivity contribution is 5.98. The predicted octanol–water partition coefficient (Wildman–Crippen LogP) is 1.87. The lowest BCUT2D eigenvalue weighted by molar-refractivity contribution is -0.385. The van der Waals surface area contributed by atoms with Crippen molar-refractivity contribution < 1.29 is 9.72 Å². The molecule has 2 heterocycles. The summed E-state index contributed by atoms with van der Waals surface area (Å²) in [6.45, 7) is 2.97. The number of nitrogens with one attached hydrogen (secondary N) is 1. The molecule has 1 aromatic rings. The van der Waals surface area contributed by atoms with Crippen LogP contribution in [0.3, 0.4) is 0 Å². The number of para-hydroxylation sites is 1. The molecule has 2 aliphatic rings. The Morgan fingerprint density at radius 3 is 2.86 bits per heavy atom. The van der Waals surface area contributed by atoms with E-state index in [1.54, 1.807) is 30.0 Å². The number of fused-ring (bicyclic) bond motifs is 2. The van der Waals surface area contributed by atoms with Crippen molar-refractivity contribution in [2.24, 2.45) is 0 Å². The lowest BCUT2D eigenvalue weighted by Gasteiger charge is -2.24. The van der Waals surface area contributed by atoms with Gasteiger partial charge < -0.3 is 10.2 Å². The normalized spacial score (nSPS) is 24.7. The Bertz CT molecular complexity index is 588. The van der Waals surface area contributed by atoms with Crippen LogP contribution in [0.15, 0.2) is 18.2 Å². The Kier molecular flexibility index (Phi) is 3.63. The molecule has 3 rings (SSSR count). The quantitative estimate of drug-likeness (QED) is 0.666. The third kappa shape index (κ3) is 2.63. The first-order valence-electron chi connectivity index (χ1n) is 7.35. The minimum Gasteiger partial charge on any atom is -0.337 e. The van der Waals surface area contributed by atoms with Gasteiger partial charge in [-0.2, -0.15) is 0 Å². The molecule has 2 atom stereocenters. The van der Waals surface area contributed by atoms with Gasteiger partial charge in [0.1, 0.15) is 5.56 Å². The molecule has 2 saturated heterocycles. The standard InChI is InChI=1S/C15H19N3O3/c1-10-3-2-4-13(14(10)18(20)21)15(19)17-8-7-11-5-6-12(9-17)16-11/h2-4,11-12,16H,5-9H2,1H3. The molecule has 1 aromatic carbocycles. The number of benzene rings is 1. The molecule has 1 N–H and O–H groups in total. The highest BCUT2D eigenvalue weighted by Crippen LogP contribution is 2.27. The molecule has 1 amide bonds. The summed E-state index contributed by atoms with van der Waals surface area (Å²) >= 11 is 0. The fourth-order valence-electron chi connectivity index (χ4n) is 3.37. The van der Waals surface area contributed by atoms with Crippen LogP contribution in [0.4, 0.5) is 5.69 Å². The highest BCUT2D eigenvalue weighted by Gasteiger charge is 2.33. The zero-order chi connectivity index (χ0) is 15.0. The molecule has 2 aliphatic heterocycles. The van der Waals surface area contributed by atoms with Crippen LogP contribution < -0.4 is 5.32 Å². The molecule has 2 bridgehead atoms. The van der Waals surface area contributed by atoms with Gasteiger partial charge in [0.05, 0.1) is 4.92 Å². The van der Waals surface area contributed by atoms with E-state index in [4.69, 9.17) is 0 Å². The van der Waals surface area contributed by atoms with E-state index in [1.165, 1.54) is 0 Å². The Morgan fingerprint density at radius 2 is 2.10 bits per heavy atom. The number of nitro groups is 1. The Morgan fingerprint density at radius 1 is 1.33 bits per heavy atom. The van der Waals surface area contributed by atoms with Gasteiger partial charge in [0.15, 0.2) is 0 Å². The van der Waals surface area contributed by atoms with Crippen LogP contribution in [0.2, 0.25) is 0 Å². The summed E-state index contributed by atoms with van der Waals surface area (Å²) in [5.74, 6) is -0.222. The predicted molar refractivity (Wildman–Crippen MR) is 78.3 cm³/mol. The summed E-state index contributed by atoms with van der Waals surface area (Å²) in [6, 6.07) is 5.74. The number of hydrogen-bond acceptors (Lipinski definition) is 4. The molecule has 0 radical (unpaired) electrons. The SMILES string of the molecule is Cc1cccc(C(=O)N2CCC3CCC(C2)N3)c1[N+](=O)[O-]. The molecule has 112 valence electrons. The zero-order valence-electron chi connectivity index (χ0n) is 12.0. The van der Waals surface area contributed by atoms with Crippen LogP contribution >= 0.6 is 0 Å². The number of amides is 1. The van der Waals surface area contributed by atoms with Crippen molar-refractivity contribution in [2.45, 2.75) is 38.3 Å². The van der Waals surface area contributed by atoms with E-state index in [2.05, 4.69) is 5.32 Å². The highest BCUT2D eigenvalue weighted by atomic mass is 16.6. The van der Waals surface area contributed by atoms with E-state index in [1.807, 2.05) is 0 Å². The Labute approximate surface area is 123 Å². The largest absolute Gasteiger partial charge is 0.337 e. The van der Waals surface area contributed by atoms with Gasteiger partial charge in [0.2, 0.25) is 0 Å². The molecule has 6 nitrogen and oxygen atoms in total. The maximum absolute atomic E-state index is 12.7. The van der Waals surface area contributed by atoms with Gasteiger partial charge >= 0.3 is 0 Å². The van der Waals surface area contributed by atoms with Crippen molar-refractivity contribution in [1.29, 1.82) is 0 Å². The van der Waals surface area contributed by atoms with E-state index in [0.29, 0.717) is 30.7 Å². The van der Waals surface area contributed by atoms with Gasteiger partial charge in [0.25, 0.3) is 11.6 Å². The third-order valence-electron chi connectivity index (χ3n) is 4.46. The average molecular weight is 289 g/mol. The number of carbonyl (C=O) groups excluding carboxylic acids is 1. The molecule has 6 heteroatoms. The second-order valence-corrected chi connectivity index (χ2v) is 5.91. The topological polar surface area (TPSA) is 75.5 Å². The molecule has 2 fully saturated rings. The summed E-state index contributed by atoms with van der Waals surface area (Å²) < 4.78 is 0. The molecular weight excluding hydrogens is 270 g/mol. The van der Waals surface area contributed by atoms with Gasteiger partial charge in [-0.25, -0.2) is 0 Å². The number of nitro benzene ring substituents is 1. The van der Waals surface area contributed by atoms with Crippen LogP contribution in [0, 0.1) is 17.0 Å². The third-order valence-corrected chi connectivity index (χ3v) is 4.46. The van der Waals surface area contributed by atoms with Crippen molar-refractivity contribution in [1.82, 2.24) is 10.2 Å². The lowest BCUT2D eigenvalue weighted by Crippen LogP contribution is -2.39. The molecule has 2 unspecified atom stereocenters. The van der Waals surface area contributed by atoms with Crippen molar-refractivity contribution >= 4 is 11.6 Å². The van der Waals surface area contributed by atoms with E-state index < -0.39 is 4.92 Å². The van der Waals surface area contributed by atoms with E-state index in [9.17, 15) is 14.9 Å². The van der Waals surface area contributed by atoms with Crippen LogP contribution in [0.25, 0.3) is 0 Å². The second kappa shape index (κ2) is 5.44. The van der Waals surface area contributed by atoms with Gasteiger partial charge in [-0.05, 0) is 32.3 Å². The number of likely N-dealkylation sites (tertiary alicyclic amines) is 1. The number of carbonyl (C=O) groups is 1. The van der Waals surface area contributed by atoms with Gasteiger partial charge in [-0.1, -0.05) is 12.1 Å². The van der Waals surface area contributed by atoms with Gasteiger partial charge in [-0.3, -0.25) is 14.9 Å². The maximum Gasteiger partial charge on any atom is 0.285 e. The summed E-state index contributed by atoms with van der Waals surface area (Å²) in [6.07, 6.45) is 3.16. The number of hydrogen-bond donors (Lipinski definition) is 1. The summed E-state index contributed by atoms with van der Waals surface area (Å²) in [7, 11) is 0. The fraction of sp³-hybridized carbons (Fsp3) is 0.533. The Balaban J connectivity index is 1.88. The first-order chi connectivity index (χ1) is 10.1. The van der Waals surface area contributed by atoms with Crippen LogP contribution in [0.1, 0.15) is 35.2 Å². The summed E-state index contributed by atoms with van der Waals surface area (Å²) in [4.78, 5) is 25.3. The van der Waals surface area contributed by atoms with Crippen LogP contribution in [-0.2, 0) is 0 Å². The number of aryl methyl sites for hydroxylation is 1. The van der Waals surface area contributed by atoms with Gasteiger partial charge in [0, 0.05) is 30.7 Å². The minimum atomic E-state index is -0.454. The van der Waals surface area contributed by atoms with Crippen molar-refractivity contribution in [2.75, 3.05) is 13.1 Å². The molecule has 0 aromatic heterocycles. The number of rotatable bonds is 2. The smallest absolute Gasteiger partial charge is 0.285 e. The lowest BCUT2D eigenvalue weighted by atomic mass is 10.0. The monoisotopic (exact) mass is 289 g/mol. The first kappa shape index (κ1) is 14.0. The average Bonchev–Trinajstić information content (AvgIpc) is 2.77. The van der Waals surface area contributed by atoms with E-state index >= 15 is 0 Å². The molecule has 0 saturated carbocycles. The molecule has 0 aliphatic carbocycles. The van der Waals surface area contributed by atoms with Gasteiger partial charge in [-0.15, -0.1) is 0 Å². The van der Waals surface area contributed by atoms with Crippen LogP contribution in [-0.4, -0.2) is 40.9 Å². The van der Waals surface area contributed by atoms with Crippen molar-refractivity contribution in [3.05, 3.63) is 39.4 Å². The van der Waals surface area contributed by atoms with Crippen LogP contribution in [0.5, 0.6) is 0 Å². The molecule has 21 heavy (non-hydrogen) atoms. The first-order valence-corrected chi connectivity index (χ1v) is 7.35. The summed E-state index contributed by atoms with van der Waals surface area (Å²) in [5.41, 5.74) is 0.669. The van der Waals surface area contributed by atoms with E-state index in [-0.39, 0.29) is 17.2 Å². The number of nitrogens with zero attached hydrogens (tertiary/aromatic N) is 2. The second-order valence-electron chi connectivity index (χ2n) is 5.91. The van der Waals surface area contributed by atoms with Crippen molar-refractivity contribution in [3.8, 4) is 0 Å². The molecular formula is C15H19N3O3.